The van der Waals surface area contributed by atoms with Crippen molar-refractivity contribution >= 4 is 11.8 Å². The van der Waals surface area contributed by atoms with Crippen LogP contribution in [0.4, 0.5) is 0 Å². The minimum Gasteiger partial charge on any atom is -0.472 e. The van der Waals surface area contributed by atoms with Gasteiger partial charge in [-0.2, -0.15) is 0 Å². The van der Waals surface area contributed by atoms with Gasteiger partial charge < -0.3 is 19.4 Å². The average molecular weight is 396 g/mol. The molecule has 154 valence electrons. The Morgan fingerprint density at radius 1 is 1.14 bits per heavy atom. The van der Waals surface area contributed by atoms with Gasteiger partial charge in [0.05, 0.1) is 17.4 Å². The van der Waals surface area contributed by atoms with E-state index in [1.54, 1.807) is 6.07 Å². The zero-order chi connectivity index (χ0) is 20.1. The second kappa shape index (κ2) is 8.82. The van der Waals surface area contributed by atoms with Crippen molar-refractivity contribution in [1.29, 1.82) is 0 Å². The second-order valence-electron chi connectivity index (χ2n) is 8.16. The van der Waals surface area contributed by atoms with E-state index in [4.69, 9.17) is 9.15 Å². The van der Waals surface area contributed by atoms with Gasteiger partial charge in [0, 0.05) is 32.7 Å². The molecule has 0 radical (unpaired) electrons. The quantitative estimate of drug-likeness (QED) is 0.841. The number of benzene rings is 1. The van der Waals surface area contributed by atoms with Crippen molar-refractivity contribution in [1.82, 2.24) is 10.2 Å². The molecule has 2 aliphatic heterocycles. The van der Waals surface area contributed by atoms with Crippen molar-refractivity contribution < 1.29 is 18.7 Å². The number of piperidine rings is 1. The fraction of sp³-hybridized carbons (Fsp3) is 0.478. The number of rotatable bonds is 5. The third-order valence-corrected chi connectivity index (χ3v) is 6.13. The van der Waals surface area contributed by atoms with Crippen molar-refractivity contribution in [3.05, 3.63) is 60.1 Å². The Balaban J connectivity index is 1.26. The number of nitrogens with one attached hydrogen (secondary N) is 1. The molecule has 4 rings (SSSR count). The molecule has 1 N–H and O–H groups in total. The van der Waals surface area contributed by atoms with Crippen molar-refractivity contribution in [3.63, 3.8) is 0 Å². The highest BCUT2D eigenvalue weighted by Crippen LogP contribution is 2.39. The highest BCUT2D eigenvalue weighted by atomic mass is 16.5. The lowest BCUT2D eigenvalue weighted by Gasteiger charge is -2.46. The predicted molar refractivity (Wildman–Crippen MR) is 108 cm³/mol. The van der Waals surface area contributed by atoms with E-state index in [0.29, 0.717) is 44.1 Å². The van der Waals surface area contributed by atoms with E-state index >= 15 is 0 Å². The number of carbonyl (C=O) groups is 2. The third kappa shape index (κ3) is 4.88. The van der Waals surface area contributed by atoms with Crippen LogP contribution in [0.15, 0.2) is 53.3 Å². The van der Waals surface area contributed by atoms with Gasteiger partial charge in [-0.15, -0.1) is 0 Å². The second-order valence-corrected chi connectivity index (χ2v) is 8.16. The first kappa shape index (κ1) is 19.7. The zero-order valence-corrected chi connectivity index (χ0v) is 16.6. The molecular weight excluding hydrogens is 368 g/mol. The number of ether oxygens (including phenoxy) is 1. The van der Waals surface area contributed by atoms with Gasteiger partial charge in [0.2, 0.25) is 5.91 Å². The molecule has 6 nitrogen and oxygen atoms in total. The predicted octanol–water partition coefficient (Wildman–Crippen LogP) is 3.39. The van der Waals surface area contributed by atoms with Crippen LogP contribution in [0.5, 0.6) is 0 Å². The van der Waals surface area contributed by atoms with Crippen LogP contribution in [0, 0.1) is 5.92 Å². The Morgan fingerprint density at radius 3 is 2.66 bits per heavy atom. The van der Waals surface area contributed by atoms with Gasteiger partial charge in [0.1, 0.15) is 6.26 Å². The summed E-state index contributed by atoms with van der Waals surface area (Å²) in [5, 5.41) is 3.03. The number of hydrogen-bond acceptors (Lipinski definition) is 4. The Kier molecular flexibility index (Phi) is 6.00. The fourth-order valence-electron chi connectivity index (χ4n) is 4.47. The molecule has 2 saturated heterocycles. The van der Waals surface area contributed by atoms with Crippen molar-refractivity contribution in [2.45, 2.75) is 44.2 Å². The largest absolute Gasteiger partial charge is 0.472 e. The molecule has 1 atom stereocenters. The number of hydrogen-bond donors (Lipinski definition) is 1. The van der Waals surface area contributed by atoms with Gasteiger partial charge in [-0.05, 0) is 43.2 Å². The number of carbonyl (C=O) groups excluding carboxylic acids is 2. The van der Waals surface area contributed by atoms with E-state index in [2.05, 4.69) is 5.32 Å². The molecule has 0 saturated carbocycles. The van der Waals surface area contributed by atoms with Crippen LogP contribution >= 0.6 is 0 Å². The monoisotopic (exact) mass is 396 g/mol. The summed E-state index contributed by atoms with van der Waals surface area (Å²) in [4.78, 5) is 26.8. The van der Waals surface area contributed by atoms with Gasteiger partial charge in [0.15, 0.2) is 0 Å². The minimum atomic E-state index is -0.199. The van der Waals surface area contributed by atoms with Gasteiger partial charge in [-0.25, -0.2) is 0 Å². The summed E-state index contributed by atoms with van der Waals surface area (Å²) >= 11 is 0. The van der Waals surface area contributed by atoms with Crippen molar-refractivity contribution in [2.75, 3.05) is 19.7 Å². The van der Waals surface area contributed by atoms with E-state index in [-0.39, 0.29) is 17.4 Å². The van der Waals surface area contributed by atoms with Crippen LogP contribution in [0.3, 0.4) is 0 Å². The van der Waals surface area contributed by atoms with Crippen molar-refractivity contribution in [2.24, 2.45) is 5.92 Å². The minimum absolute atomic E-state index is 0.0150. The number of likely N-dealkylation sites (tertiary alicyclic amines) is 1. The van der Waals surface area contributed by atoms with Gasteiger partial charge >= 0.3 is 0 Å². The normalized spacial score (nSPS) is 21.1. The maximum Gasteiger partial charge on any atom is 0.257 e. The van der Waals surface area contributed by atoms with Crippen LogP contribution in [0.1, 0.15) is 48.0 Å². The van der Waals surface area contributed by atoms with Gasteiger partial charge in [-0.3, -0.25) is 9.59 Å². The lowest BCUT2D eigenvalue weighted by molar-refractivity contribution is -0.134. The molecule has 2 aromatic rings. The molecule has 1 aromatic carbocycles. The van der Waals surface area contributed by atoms with E-state index in [1.165, 1.54) is 12.5 Å². The summed E-state index contributed by atoms with van der Waals surface area (Å²) in [5.41, 5.74) is 1.51. The number of amides is 2. The summed E-state index contributed by atoms with van der Waals surface area (Å²) in [7, 11) is 0. The maximum absolute atomic E-state index is 12.5. The Bertz CT molecular complexity index is 811. The first-order valence-electron chi connectivity index (χ1n) is 10.4. The van der Waals surface area contributed by atoms with Crippen LogP contribution in [-0.4, -0.2) is 42.0 Å². The zero-order valence-electron chi connectivity index (χ0n) is 16.6. The Hall–Kier alpha value is -2.60. The molecule has 0 bridgehead atoms. The van der Waals surface area contributed by atoms with Gasteiger partial charge in [0.25, 0.3) is 5.91 Å². The van der Waals surface area contributed by atoms with Crippen LogP contribution in [-0.2, 0) is 16.1 Å². The summed E-state index contributed by atoms with van der Waals surface area (Å²) in [5.74, 6) is 0.445. The molecule has 0 aliphatic carbocycles. The molecule has 6 heteroatoms. The summed E-state index contributed by atoms with van der Waals surface area (Å²) in [6.45, 7) is 2.61. The molecule has 1 spiro atoms. The van der Waals surface area contributed by atoms with Crippen LogP contribution in [0.25, 0.3) is 0 Å². The molecule has 29 heavy (non-hydrogen) atoms. The molecule has 2 fully saturated rings. The Labute approximate surface area is 171 Å². The highest BCUT2D eigenvalue weighted by Gasteiger charge is 2.41. The molecule has 2 aliphatic rings. The number of nitrogens with zero attached hydrogens (tertiary/aromatic N) is 1. The van der Waals surface area contributed by atoms with E-state index in [9.17, 15) is 9.59 Å². The topological polar surface area (TPSA) is 71.8 Å². The third-order valence-electron chi connectivity index (χ3n) is 6.13. The van der Waals surface area contributed by atoms with Crippen molar-refractivity contribution in [3.8, 4) is 0 Å². The van der Waals surface area contributed by atoms with E-state index in [1.807, 2.05) is 35.2 Å². The van der Waals surface area contributed by atoms with E-state index in [0.717, 1.165) is 31.2 Å². The fourth-order valence-corrected chi connectivity index (χ4v) is 4.47. The summed E-state index contributed by atoms with van der Waals surface area (Å²) < 4.78 is 11.2. The smallest absolute Gasteiger partial charge is 0.257 e. The first-order valence-corrected chi connectivity index (χ1v) is 10.4. The molecule has 1 aromatic heterocycles. The molecule has 1 unspecified atom stereocenters. The number of furan rings is 1. The standard InChI is InChI=1S/C23H28N2O4/c26-21(24-16-18-4-2-1-3-5-18)14-19-6-13-29-23(15-19)8-10-25(11-9-23)22(27)20-7-12-28-17-20/h1-5,7,12,17,19H,6,8-11,13-16H2,(H,24,26). The highest BCUT2D eigenvalue weighted by molar-refractivity contribution is 5.93. The molecule has 2 amide bonds. The SMILES string of the molecule is O=C(CC1CCOC2(CCN(C(=O)c3ccoc3)CC2)C1)NCc1ccccc1. The Morgan fingerprint density at radius 2 is 1.93 bits per heavy atom. The van der Waals surface area contributed by atoms with Crippen LogP contribution in [0.2, 0.25) is 0 Å². The average Bonchev–Trinajstić information content (AvgIpc) is 3.28. The van der Waals surface area contributed by atoms with Gasteiger partial charge in [-0.1, -0.05) is 30.3 Å². The van der Waals surface area contributed by atoms with Crippen LogP contribution < -0.4 is 5.32 Å². The lowest BCUT2D eigenvalue weighted by Crippen LogP contribution is -2.51. The van der Waals surface area contributed by atoms with E-state index < -0.39 is 0 Å². The summed E-state index contributed by atoms with van der Waals surface area (Å²) in [6, 6.07) is 11.7. The molecule has 3 heterocycles. The first-order chi connectivity index (χ1) is 14.1. The summed E-state index contributed by atoms with van der Waals surface area (Å²) in [6.07, 6.45) is 7.00. The lowest BCUT2D eigenvalue weighted by atomic mass is 9.78. The maximum atomic E-state index is 12.5. The molecular formula is C23H28N2O4.